The maximum Gasteiger partial charge on any atom is 0.250 e. The Morgan fingerprint density at radius 1 is 1.09 bits per heavy atom. The van der Waals surface area contributed by atoms with Gasteiger partial charge in [0, 0.05) is 32.1 Å². The topological polar surface area (TPSA) is 66.6 Å². The van der Waals surface area contributed by atoms with Crippen LogP contribution < -0.4 is 5.73 Å². The average molecular weight is 315 g/mol. The molecule has 2 saturated heterocycles. The Hall–Kier alpha value is -1.88. The number of piperidine rings is 2. The van der Waals surface area contributed by atoms with Crippen molar-refractivity contribution in [1.29, 1.82) is 0 Å². The van der Waals surface area contributed by atoms with E-state index in [0.717, 1.165) is 31.2 Å². The van der Waals surface area contributed by atoms with Crippen molar-refractivity contribution in [2.24, 2.45) is 5.73 Å². The molecule has 23 heavy (non-hydrogen) atoms. The Kier molecular flexibility index (Phi) is 4.96. The minimum atomic E-state index is -0.488. The van der Waals surface area contributed by atoms with Gasteiger partial charge in [0.1, 0.15) is 6.04 Å². The molecule has 0 aliphatic carbocycles. The van der Waals surface area contributed by atoms with Crippen LogP contribution in [0.25, 0.3) is 0 Å². The number of hydrogen-bond donors (Lipinski definition) is 1. The second-order valence-corrected chi connectivity index (χ2v) is 6.52. The highest BCUT2D eigenvalue weighted by atomic mass is 16.2. The molecular weight excluding hydrogens is 290 g/mol. The lowest BCUT2D eigenvalue weighted by Gasteiger charge is -2.39. The van der Waals surface area contributed by atoms with Crippen molar-refractivity contribution in [3.05, 3.63) is 35.9 Å². The number of likely N-dealkylation sites (tertiary alicyclic amines) is 2. The molecule has 2 N–H and O–H groups in total. The predicted octanol–water partition coefficient (Wildman–Crippen LogP) is 1.69. The van der Waals surface area contributed by atoms with Crippen molar-refractivity contribution in [2.45, 2.75) is 44.2 Å². The number of benzene rings is 1. The molecule has 1 unspecified atom stereocenters. The molecule has 0 spiro atoms. The number of amides is 2. The van der Waals surface area contributed by atoms with Crippen molar-refractivity contribution in [3.63, 3.8) is 0 Å². The largest absolute Gasteiger partial charge is 0.340 e. The van der Waals surface area contributed by atoms with Gasteiger partial charge in [-0.15, -0.1) is 0 Å². The van der Waals surface area contributed by atoms with E-state index in [4.69, 9.17) is 5.73 Å². The van der Waals surface area contributed by atoms with Gasteiger partial charge in [-0.2, -0.15) is 0 Å². The highest BCUT2D eigenvalue weighted by Gasteiger charge is 2.36. The number of nitrogens with two attached hydrogens (primary N) is 1. The van der Waals surface area contributed by atoms with Gasteiger partial charge in [0.2, 0.25) is 11.8 Å². The molecule has 0 radical (unpaired) electrons. The summed E-state index contributed by atoms with van der Waals surface area (Å²) < 4.78 is 0. The van der Waals surface area contributed by atoms with Crippen LogP contribution in [0.2, 0.25) is 0 Å². The van der Waals surface area contributed by atoms with Crippen LogP contribution in [0.1, 0.15) is 43.7 Å². The molecule has 2 fully saturated rings. The van der Waals surface area contributed by atoms with Crippen LogP contribution >= 0.6 is 0 Å². The first-order chi connectivity index (χ1) is 11.2. The second kappa shape index (κ2) is 7.13. The van der Waals surface area contributed by atoms with E-state index < -0.39 is 6.04 Å². The van der Waals surface area contributed by atoms with E-state index >= 15 is 0 Å². The molecule has 2 aliphatic rings. The highest BCUT2D eigenvalue weighted by Crippen LogP contribution is 2.28. The van der Waals surface area contributed by atoms with E-state index in [1.165, 1.54) is 0 Å². The van der Waals surface area contributed by atoms with Gasteiger partial charge in [-0.25, -0.2) is 0 Å². The Labute approximate surface area is 137 Å². The van der Waals surface area contributed by atoms with Crippen molar-refractivity contribution < 1.29 is 9.59 Å². The highest BCUT2D eigenvalue weighted by molar-refractivity contribution is 5.89. The summed E-state index contributed by atoms with van der Waals surface area (Å²) in [6.45, 7) is 2.04. The zero-order valence-corrected chi connectivity index (χ0v) is 13.5. The van der Waals surface area contributed by atoms with Crippen LogP contribution in [-0.4, -0.2) is 47.3 Å². The number of nitrogens with zero attached hydrogens (tertiary/aromatic N) is 2. The summed E-state index contributed by atoms with van der Waals surface area (Å²) >= 11 is 0. The van der Waals surface area contributed by atoms with E-state index in [1.807, 2.05) is 35.2 Å². The minimum absolute atomic E-state index is 0.0401. The van der Waals surface area contributed by atoms with Crippen molar-refractivity contribution in [2.75, 3.05) is 19.6 Å². The van der Waals surface area contributed by atoms with Gasteiger partial charge in [0.15, 0.2) is 0 Å². The zero-order valence-electron chi connectivity index (χ0n) is 13.5. The van der Waals surface area contributed by atoms with E-state index in [9.17, 15) is 9.59 Å². The summed E-state index contributed by atoms with van der Waals surface area (Å²) in [5.41, 5.74) is 6.85. The lowest BCUT2D eigenvalue weighted by molar-refractivity contribution is -0.148. The van der Waals surface area contributed by atoms with E-state index in [2.05, 4.69) is 0 Å². The summed E-state index contributed by atoms with van der Waals surface area (Å²) in [5.74, 6) is 0.130. The molecular formula is C18H25N3O2. The van der Waals surface area contributed by atoms with Crippen LogP contribution in [-0.2, 0) is 9.59 Å². The minimum Gasteiger partial charge on any atom is -0.340 e. The standard InChI is InChI=1S/C18H25N3O2/c19-15-9-12-20(13-10-15)18(23)17(14-6-2-1-3-7-14)21-11-5-4-8-16(21)22/h1-3,6-7,15,17H,4-5,8-13,19H2. The first-order valence-corrected chi connectivity index (χ1v) is 8.55. The lowest BCUT2D eigenvalue weighted by Crippen LogP contribution is -2.50. The van der Waals surface area contributed by atoms with E-state index in [-0.39, 0.29) is 17.9 Å². The smallest absolute Gasteiger partial charge is 0.250 e. The quantitative estimate of drug-likeness (QED) is 0.923. The van der Waals surface area contributed by atoms with Gasteiger partial charge in [-0.05, 0) is 31.2 Å². The van der Waals surface area contributed by atoms with E-state index in [0.29, 0.717) is 26.1 Å². The molecule has 2 heterocycles. The average Bonchev–Trinajstić information content (AvgIpc) is 2.58. The molecule has 1 atom stereocenters. The Morgan fingerprint density at radius 3 is 2.43 bits per heavy atom. The molecule has 5 heteroatoms. The summed E-state index contributed by atoms with van der Waals surface area (Å²) in [5, 5.41) is 0. The molecule has 0 aromatic heterocycles. The SMILES string of the molecule is NC1CCN(C(=O)C(c2ccccc2)N2CCCCC2=O)CC1. The fourth-order valence-electron chi connectivity index (χ4n) is 3.48. The van der Waals surface area contributed by atoms with Crippen molar-refractivity contribution in [3.8, 4) is 0 Å². The van der Waals surface area contributed by atoms with Crippen LogP contribution in [0.4, 0.5) is 0 Å². The summed E-state index contributed by atoms with van der Waals surface area (Å²) in [4.78, 5) is 29.2. The third kappa shape index (κ3) is 3.55. The number of carbonyl (C=O) groups excluding carboxylic acids is 2. The third-order valence-corrected chi connectivity index (χ3v) is 4.87. The monoisotopic (exact) mass is 315 g/mol. The maximum atomic E-state index is 13.1. The van der Waals surface area contributed by atoms with Crippen LogP contribution in [0, 0.1) is 0 Å². The van der Waals surface area contributed by atoms with Gasteiger partial charge < -0.3 is 15.5 Å². The Balaban J connectivity index is 1.85. The van der Waals surface area contributed by atoms with Gasteiger partial charge in [0.25, 0.3) is 0 Å². The molecule has 124 valence electrons. The number of hydrogen-bond acceptors (Lipinski definition) is 3. The lowest BCUT2D eigenvalue weighted by atomic mass is 9.98. The van der Waals surface area contributed by atoms with Crippen LogP contribution in [0.3, 0.4) is 0 Å². The first kappa shape index (κ1) is 16.0. The Bertz CT molecular complexity index is 553. The molecule has 1 aromatic carbocycles. The fourth-order valence-corrected chi connectivity index (χ4v) is 3.48. The molecule has 1 aromatic rings. The summed E-state index contributed by atoms with van der Waals surface area (Å²) in [6, 6.07) is 9.37. The van der Waals surface area contributed by atoms with E-state index in [1.54, 1.807) is 4.90 Å². The molecule has 3 rings (SSSR count). The van der Waals surface area contributed by atoms with Gasteiger partial charge in [-0.3, -0.25) is 9.59 Å². The van der Waals surface area contributed by atoms with Gasteiger partial charge in [0.05, 0.1) is 0 Å². The number of carbonyl (C=O) groups is 2. The van der Waals surface area contributed by atoms with Gasteiger partial charge in [-0.1, -0.05) is 30.3 Å². The molecule has 2 aliphatic heterocycles. The second-order valence-electron chi connectivity index (χ2n) is 6.52. The third-order valence-electron chi connectivity index (χ3n) is 4.87. The summed E-state index contributed by atoms with van der Waals surface area (Å²) in [7, 11) is 0. The molecule has 0 saturated carbocycles. The van der Waals surface area contributed by atoms with Crippen LogP contribution in [0.5, 0.6) is 0 Å². The Morgan fingerprint density at radius 2 is 1.78 bits per heavy atom. The predicted molar refractivity (Wildman–Crippen MR) is 88.5 cm³/mol. The molecule has 5 nitrogen and oxygen atoms in total. The van der Waals surface area contributed by atoms with Crippen molar-refractivity contribution >= 4 is 11.8 Å². The summed E-state index contributed by atoms with van der Waals surface area (Å²) in [6.07, 6.45) is 4.10. The van der Waals surface area contributed by atoms with Crippen molar-refractivity contribution in [1.82, 2.24) is 9.80 Å². The van der Waals surface area contributed by atoms with Crippen LogP contribution in [0.15, 0.2) is 30.3 Å². The normalized spacial score (nSPS) is 21.3. The fraction of sp³-hybridized carbons (Fsp3) is 0.556. The van der Waals surface area contributed by atoms with Gasteiger partial charge >= 0.3 is 0 Å². The molecule has 0 bridgehead atoms. The first-order valence-electron chi connectivity index (χ1n) is 8.55. The number of rotatable bonds is 3. The zero-order chi connectivity index (χ0) is 16.2. The maximum absolute atomic E-state index is 13.1. The molecule has 2 amide bonds.